The number of carbonyl (C=O) groups is 3. The number of aliphatic hydroxyl groups excluding tert-OH is 1. The molecule has 248 valence electrons. The summed E-state index contributed by atoms with van der Waals surface area (Å²) in [6, 6.07) is 0. The Labute approximate surface area is 258 Å². The van der Waals surface area contributed by atoms with Crippen LogP contribution >= 0.6 is 0 Å². The predicted molar refractivity (Wildman–Crippen MR) is 171 cm³/mol. The summed E-state index contributed by atoms with van der Waals surface area (Å²) in [5.41, 5.74) is 0. The summed E-state index contributed by atoms with van der Waals surface area (Å²) in [5.74, 6) is -0.568. The van der Waals surface area contributed by atoms with E-state index in [0.717, 1.165) is 38.5 Å². The van der Waals surface area contributed by atoms with Gasteiger partial charge < -0.3 is 24.0 Å². The van der Waals surface area contributed by atoms with E-state index >= 15 is 0 Å². The number of unbranched alkanes of at least 4 members (excludes halogenated alkanes) is 16. The number of aliphatic hydroxyl groups is 1. The third kappa shape index (κ3) is 26.0. The lowest BCUT2D eigenvalue weighted by Gasteiger charge is -2.31. The molecule has 0 aromatic heterocycles. The zero-order valence-corrected chi connectivity index (χ0v) is 28.0. The average molecular weight is 600 g/mol. The Kier molecular flexibility index (Phi) is 27.0. The molecule has 0 atom stereocenters. The Morgan fingerprint density at radius 3 is 1.31 bits per heavy atom. The Morgan fingerprint density at radius 2 is 0.952 bits per heavy atom. The van der Waals surface area contributed by atoms with Gasteiger partial charge in [0.2, 0.25) is 0 Å². The van der Waals surface area contributed by atoms with E-state index in [1.165, 1.54) is 77.0 Å². The van der Waals surface area contributed by atoms with Crippen LogP contribution in [0.4, 0.5) is 0 Å². The Morgan fingerprint density at radius 1 is 0.595 bits per heavy atom. The summed E-state index contributed by atoms with van der Waals surface area (Å²) in [6.45, 7) is 5.89. The molecule has 0 aliphatic heterocycles. The first-order chi connectivity index (χ1) is 20.3. The van der Waals surface area contributed by atoms with Crippen molar-refractivity contribution in [2.45, 2.75) is 142 Å². The Bertz CT molecular complexity index is 630. The molecule has 0 aromatic carbocycles. The van der Waals surface area contributed by atoms with Crippen LogP contribution in [0.15, 0.2) is 0 Å². The van der Waals surface area contributed by atoms with Crippen LogP contribution in [0.3, 0.4) is 0 Å². The fourth-order valence-electron chi connectivity index (χ4n) is 5.02. The predicted octanol–water partition coefficient (Wildman–Crippen LogP) is 6.81. The maximum Gasteiger partial charge on any atom is 0.305 e. The van der Waals surface area contributed by atoms with E-state index in [2.05, 4.69) is 13.8 Å². The van der Waals surface area contributed by atoms with Gasteiger partial charge in [0.05, 0.1) is 33.8 Å². The first kappa shape index (κ1) is 40.3. The monoisotopic (exact) mass is 599 g/mol. The van der Waals surface area contributed by atoms with E-state index in [1.54, 1.807) is 4.90 Å². The number of nitrogens with zero attached hydrogens (tertiary/aromatic N) is 2. The fraction of sp³-hybridized carbons (Fsp3) is 0.912. The number of esters is 2. The molecule has 0 aliphatic carbocycles. The molecule has 0 radical (unpaired) electrons. The summed E-state index contributed by atoms with van der Waals surface area (Å²) in [5, 5.41) is 9.33. The number of amides is 1. The molecule has 8 nitrogen and oxygen atoms in total. The second-order valence-electron chi connectivity index (χ2n) is 12.5. The van der Waals surface area contributed by atoms with Crippen LogP contribution in [-0.4, -0.2) is 92.4 Å². The molecule has 1 N–H and O–H groups in total. The molecule has 0 saturated carbocycles. The van der Waals surface area contributed by atoms with E-state index in [4.69, 9.17) is 9.47 Å². The minimum absolute atomic E-state index is 0.00673. The van der Waals surface area contributed by atoms with Crippen LogP contribution < -0.4 is 0 Å². The highest BCUT2D eigenvalue weighted by molar-refractivity contribution is 5.77. The number of carbonyl (C=O) groups excluding carboxylic acids is 3. The van der Waals surface area contributed by atoms with E-state index in [0.29, 0.717) is 23.9 Å². The van der Waals surface area contributed by atoms with Crippen molar-refractivity contribution < 1.29 is 33.4 Å². The van der Waals surface area contributed by atoms with Crippen molar-refractivity contribution in [3.63, 3.8) is 0 Å². The summed E-state index contributed by atoms with van der Waals surface area (Å²) in [6.07, 6.45) is 22.3. The second-order valence-corrected chi connectivity index (χ2v) is 12.5. The lowest BCUT2D eigenvalue weighted by Crippen LogP contribution is -2.51. The van der Waals surface area contributed by atoms with Crippen molar-refractivity contribution in [1.29, 1.82) is 0 Å². The van der Waals surface area contributed by atoms with Crippen LogP contribution in [0, 0.1) is 0 Å². The van der Waals surface area contributed by atoms with Crippen LogP contribution in [0.25, 0.3) is 0 Å². The van der Waals surface area contributed by atoms with Crippen molar-refractivity contribution in [1.82, 2.24) is 4.90 Å². The number of quaternary nitrogens is 1. The van der Waals surface area contributed by atoms with Gasteiger partial charge in [-0.2, -0.15) is 0 Å². The summed E-state index contributed by atoms with van der Waals surface area (Å²) < 4.78 is 11.2. The van der Waals surface area contributed by atoms with Gasteiger partial charge in [-0.05, 0) is 12.8 Å². The standard InChI is InChI=1S/C34H67N2O6/c1-5-7-9-11-13-15-17-19-21-23-33(39)41-29-25-35(32(38)31-36(3,4)27-28-37)26-30-42-34(40)24-22-20-18-16-14-12-10-8-6-2/h37H,5-31H2,1-4H3/q+1. The first-order valence-corrected chi connectivity index (χ1v) is 17.3. The molecule has 0 fully saturated rings. The molecule has 0 unspecified atom stereocenters. The average Bonchev–Trinajstić information content (AvgIpc) is 2.94. The van der Waals surface area contributed by atoms with E-state index < -0.39 is 0 Å². The third-order valence-corrected chi connectivity index (χ3v) is 7.84. The van der Waals surface area contributed by atoms with Crippen molar-refractivity contribution in [2.24, 2.45) is 0 Å². The van der Waals surface area contributed by atoms with Gasteiger partial charge in [-0.3, -0.25) is 14.4 Å². The highest BCUT2D eigenvalue weighted by atomic mass is 16.5. The molecule has 0 aromatic rings. The lowest BCUT2D eigenvalue weighted by atomic mass is 10.1. The minimum atomic E-state index is -0.228. The van der Waals surface area contributed by atoms with E-state index in [1.807, 2.05) is 14.1 Å². The molecule has 1 amide bonds. The maximum atomic E-state index is 13.0. The smallest absolute Gasteiger partial charge is 0.305 e. The molecule has 42 heavy (non-hydrogen) atoms. The lowest BCUT2D eigenvalue weighted by molar-refractivity contribution is -0.883. The highest BCUT2D eigenvalue weighted by Gasteiger charge is 2.24. The van der Waals surface area contributed by atoms with Gasteiger partial charge in [0.1, 0.15) is 19.8 Å². The van der Waals surface area contributed by atoms with Gasteiger partial charge in [-0.25, -0.2) is 0 Å². The fourth-order valence-corrected chi connectivity index (χ4v) is 5.02. The number of hydrogen-bond acceptors (Lipinski definition) is 6. The summed E-state index contributed by atoms with van der Waals surface area (Å²) in [4.78, 5) is 39.1. The van der Waals surface area contributed by atoms with Gasteiger partial charge in [0, 0.05) is 12.8 Å². The van der Waals surface area contributed by atoms with Crippen LogP contribution in [0.1, 0.15) is 142 Å². The van der Waals surface area contributed by atoms with Gasteiger partial charge in [0.15, 0.2) is 6.54 Å². The number of rotatable bonds is 30. The zero-order valence-electron chi connectivity index (χ0n) is 28.0. The van der Waals surface area contributed by atoms with Crippen molar-refractivity contribution in [3.05, 3.63) is 0 Å². The van der Waals surface area contributed by atoms with Crippen LogP contribution in [0.2, 0.25) is 0 Å². The molecular formula is C34H67N2O6+. The Hall–Kier alpha value is -1.67. The SMILES string of the molecule is CCCCCCCCCCCC(=O)OCCN(CCOC(=O)CCCCCCCCCCC)C(=O)C[N+](C)(C)CCO. The minimum Gasteiger partial charge on any atom is -0.464 e. The second kappa shape index (κ2) is 28.1. The molecule has 8 heteroatoms. The quantitative estimate of drug-likeness (QED) is 0.0554. The molecule has 0 saturated heterocycles. The molecule has 0 rings (SSSR count). The first-order valence-electron chi connectivity index (χ1n) is 17.3. The van der Waals surface area contributed by atoms with Crippen molar-refractivity contribution >= 4 is 17.8 Å². The summed E-state index contributed by atoms with van der Waals surface area (Å²) >= 11 is 0. The van der Waals surface area contributed by atoms with Crippen molar-refractivity contribution in [3.8, 4) is 0 Å². The van der Waals surface area contributed by atoms with Gasteiger partial charge in [-0.15, -0.1) is 0 Å². The summed E-state index contributed by atoms with van der Waals surface area (Å²) in [7, 11) is 3.78. The van der Waals surface area contributed by atoms with Gasteiger partial charge in [-0.1, -0.05) is 117 Å². The molecular weight excluding hydrogens is 532 g/mol. The maximum absolute atomic E-state index is 13.0. The van der Waals surface area contributed by atoms with Gasteiger partial charge >= 0.3 is 11.9 Å². The topological polar surface area (TPSA) is 93.1 Å². The number of likely N-dealkylation sites (N-methyl/N-ethyl adjacent to an activating group) is 1. The Balaban J connectivity index is 4.33. The number of ether oxygens (including phenoxy) is 2. The van der Waals surface area contributed by atoms with Crippen LogP contribution in [0.5, 0.6) is 0 Å². The molecule has 0 bridgehead atoms. The van der Waals surface area contributed by atoms with Crippen LogP contribution in [-0.2, 0) is 23.9 Å². The van der Waals surface area contributed by atoms with Gasteiger partial charge in [0.25, 0.3) is 5.91 Å². The molecule has 0 aliphatic rings. The largest absolute Gasteiger partial charge is 0.464 e. The third-order valence-electron chi connectivity index (χ3n) is 7.84. The number of hydrogen-bond donors (Lipinski definition) is 1. The highest BCUT2D eigenvalue weighted by Crippen LogP contribution is 2.12. The molecule has 0 spiro atoms. The van der Waals surface area contributed by atoms with Crippen molar-refractivity contribution in [2.75, 3.05) is 60.1 Å². The van der Waals surface area contributed by atoms with E-state index in [9.17, 15) is 19.5 Å². The molecule has 0 heterocycles. The zero-order chi connectivity index (χ0) is 31.3. The normalized spacial score (nSPS) is 11.5. The van der Waals surface area contributed by atoms with E-state index in [-0.39, 0.29) is 57.3 Å².